The first kappa shape index (κ1) is 29.4. The fourth-order valence-electron chi connectivity index (χ4n) is 5.19. The van der Waals surface area contributed by atoms with Gasteiger partial charge in [0, 0.05) is 28.1 Å². The first-order valence-electron chi connectivity index (χ1n) is 12.7. The molecule has 1 amide bonds. The van der Waals surface area contributed by atoms with Crippen LogP contribution in [-0.4, -0.2) is 65.8 Å². The van der Waals surface area contributed by atoms with E-state index in [1.165, 1.54) is 28.6 Å². The van der Waals surface area contributed by atoms with E-state index in [-0.39, 0.29) is 35.7 Å². The molecule has 4 atom stereocenters. The molecule has 15 heteroatoms. The van der Waals surface area contributed by atoms with Crippen molar-refractivity contribution < 1.29 is 37.1 Å². The van der Waals surface area contributed by atoms with Crippen LogP contribution in [0.4, 0.5) is 10.6 Å². The zero-order chi connectivity index (χ0) is 29.3. The van der Waals surface area contributed by atoms with E-state index in [9.17, 15) is 23.1 Å². The monoisotopic (exact) mass is 622 g/mol. The molecule has 4 N–H and O–H groups in total. The van der Waals surface area contributed by atoms with E-state index in [0.717, 1.165) is 28.0 Å². The molecule has 0 spiro atoms. The number of hydrogen-bond donors (Lipinski definition) is 4. The number of rotatable bonds is 9. The number of thiophene rings is 1. The number of carbonyl (C=O) groups excluding carboxylic acids is 1. The van der Waals surface area contributed by atoms with Crippen molar-refractivity contribution in [3.63, 3.8) is 0 Å². The Morgan fingerprint density at radius 3 is 2.83 bits per heavy atom. The topological polar surface area (TPSA) is 177 Å². The number of halogens is 1. The molecule has 0 bridgehead atoms. The predicted molar refractivity (Wildman–Crippen MR) is 150 cm³/mol. The number of nitrogens with one attached hydrogen (secondary N) is 2. The number of carboxylic acid groups (broad SMARTS) is 1. The van der Waals surface area contributed by atoms with Crippen LogP contribution >= 0.6 is 22.9 Å². The van der Waals surface area contributed by atoms with Crippen molar-refractivity contribution in [2.24, 2.45) is 5.92 Å². The Bertz CT molecular complexity index is 1580. The molecule has 3 heterocycles. The molecule has 3 aromatic rings. The lowest BCUT2D eigenvalue weighted by Crippen LogP contribution is -2.32. The van der Waals surface area contributed by atoms with E-state index in [0.29, 0.717) is 22.9 Å². The van der Waals surface area contributed by atoms with Crippen molar-refractivity contribution >= 4 is 50.9 Å². The summed E-state index contributed by atoms with van der Waals surface area (Å²) in [6.07, 6.45) is 1.02. The van der Waals surface area contributed by atoms with Gasteiger partial charge in [-0.2, -0.15) is 13.1 Å². The maximum absolute atomic E-state index is 13.7. The van der Waals surface area contributed by atoms with E-state index in [4.69, 9.17) is 25.6 Å². The van der Waals surface area contributed by atoms with Gasteiger partial charge in [0.25, 0.3) is 0 Å². The molecule has 1 aromatic carbocycles. The Hall–Kier alpha value is -3.14. The highest BCUT2D eigenvalue weighted by atomic mass is 35.5. The number of fused-ring (bicyclic) bond motifs is 1. The minimum Gasteiger partial charge on any atom is -0.464 e. The predicted octanol–water partition coefficient (Wildman–Crippen LogP) is 3.47. The highest BCUT2D eigenvalue weighted by Gasteiger charge is 2.35. The maximum Gasteiger partial charge on any atom is 0.420 e. The molecule has 0 radical (unpaired) electrons. The summed E-state index contributed by atoms with van der Waals surface area (Å²) in [6.45, 7) is 2.08. The van der Waals surface area contributed by atoms with Crippen LogP contribution in [-0.2, 0) is 25.6 Å². The number of anilines is 1. The van der Waals surface area contributed by atoms with Gasteiger partial charge < -0.3 is 20.3 Å². The first-order valence-corrected chi connectivity index (χ1v) is 15.3. The number of hydrogen-bond acceptors (Lipinski definition) is 11. The van der Waals surface area contributed by atoms with Crippen LogP contribution in [0.3, 0.4) is 0 Å². The highest BCUT2D eigenvalue weighted by Crippen LogP contribution is 2.39. The molecule has 12 nitrogen and oxygen atoms in total. The van der Waals surface area contributed by atoms with E-state index < -0.39 is 35.0 Å². The van der Waals surface area contributed by atoms with Gasteiger partial charge in [-0.05, 0) is 61.1 Å². The number of benzene rings is 1. The fraction of sp³-hybridized carbons (Fsp3) is 0.385. The number of ether oxygens (including phenoxy) is 1. The van der Waals surface area contributed by atoms with Gasteiger partial charge in [0.1, 0.15) is 18.2 Å². The first-order chi connectivity index (χ1) is 19.5. The molecule has 5 rings (SSSR count). The molecule has 1 fully saturated rings. The Morgan fingerprint density at radius 1 is 1.24 bits per heavy atom. The second-order valence-electron chi connectivity index (χ2n) is 9.87. The minimum absolute atomic E-state index is 0.237. The summed E-state index contributed by atoms with van der Waals surface area (Å²) in [6, 6.07) is 7.24. The quantitative estimate of drug-likeness (QED) is 0.257. The summed E-state index contributed by atoms with van der Waals surface area (Å²) in [7, 11) is -4.51. The summed E-state index contributed by atoms with van der Waals surface area (Å²) in [5.74, 6) is -0.588. The zero-order valence-corrected chi connectivity index (χ0v) is 24.1. The van der Waals surface area contributed by atoms with Gasteiger partial charge in [-0.25, -0.2) is 14.8 Å². The summed E-state index contributed by atoms with van der Waals surface area (Å²) < 4.78 is 35.4. The second-order valence-corrected chi connectivity index (χ2v) is 12.9. The van der Waals surface area contributed by atoms with Crippen molar-refractivity contribution in [3.8, 4) is 0 Å². The minimum atomic E-state index is -4.51. The van der Waals surface area contributed by atoms with Gasteiger partial charge in [0.15, 0.2) is 0 Å². The summed E-state index contributed by atoms with van der Waals surface area (Å²) in [4.78, 5) is 34.0. The zero-order valence-electron chi connectivity index (χ0n) is 21.7. The Kier molecular flexibility index (Phi) is 8.59. The SMILES string of the molecule is Cc1sc(C(=O)c2cncnc2N[C@@H]2C[C@H](COS(=O)(=O)NC(=O)O)[C@H](O)C2)cc1[C@@H]1OCCc2ccc(Cl)cc21. The number of amides is 1. The number of aromatic nitrogens is 2. The Labute approximate surface area is 245 Å². The van der Waals surface area contributed by atoms with E-state index in [1.807, 2.05) is 31.2 Å². The lowest BCUT2D eigenvalue weighted by atomic mass is 9.93. The number of carbonyl (C=O) groups is 2. The number of aryl methyl sites for hydroxylation is 1. The van der Waals surface area contributed by atoms with Gasteiger partial charge in [-0.15, -0.1) is 11.3 Å². The van der Waals surface area contributed by atoms with Crippen LogP contribution in [0.15, 0.2) is 36.8 Å². The molecule has 41 heavy (non-hydrogen) atoms. The number of aliphatic hydroxyl groups is 1. The fourth-order valence-corrected chi connectivity index (χ4v) is 7.00. The van der Waals surface area contributed by atoms with Gasteiger partial charge >= 0.3 is 16.4 Å². The molecule has 0 saturated heterocycles. The van der Waals surface area contributed by atoms with E-state index in [1.54, 1.807) is 0 Å². The third kappa shape index (κ3) is 6.68. The normalized spacial score (nSPS) is 22.2. The van der Waals surface area contributed by atoms with Crippen LogP contribution in [0.25, 0.3) is 0 Å². The molecular formula is C26H27ClN4O8S2. The Balaban J connectivity index is 1.31. The van der Waals surface area contributed by atoms with Gasteiger partial charge in [0.2, 0.25) is 5.78 Å². The largest absolute Gasteiger partial charge is 0.464 e. The summed E-state index contributed by atoms with van der Waals surface area (Å²) >= 11 is 7.61. The van der Waals surface area contributed by atoms with Crippen molar-refractivity contribution in [1.82, 2.24) is 14.7 Å². The van der Waals surface area contributed by atoms with Gasteiger partial charge in [-0.1, -0.05) is 17.7 Å². The average molecular weight is 623 g/mol. The van der Waals surface area contributed by atoms with E-state index >= 15 is 0 Å². The van der Waals surface area contributed by atoms with Crippen molar-refractivity contribution in [3.05, 3.63) is 73.8 Å². The standard InChI is InChI=1S/C26H27ClN4O8S2/c1-13-18(24-19-7-16(27)3-2-14(19)4-5-38-24)9-22(40-13)23(33)20-10-28-12-29-25(20)30-17-6-15(21(32)8-17)11-39-41(36,37)31-26(34)35/h2-3,7,9-10,12,15,17,21,24,31-32H,4-6,8,11H2,1H3,(H,34,35)(H,28,29,30)/t15-,17-,21-,24+/m1/s1. The van der Waals surface area contributed by atoms with Crippen LogP contribution in [0.5, 0.6) is 0 Å². The van der Waals surface area contributed by atoms with Gasteiger partial charge in [0.05, 0.1) is 29.8 Å². The van der Waals surface area contributed by atoms with Crippen LogP contribution in [0.1, 0.15) is 55.7 Å². The molecule has 218 valence electrons. The van der Waals surface area contributed by atoms with Gasteiger partial charge in [-0.3, -0.25) is 8.98 Å². The summed E-state index contributed by atoms with van der Waals surface area (Å²) in [5.41, 5.74) is 3.28. The number of aliphatic hydroxyl groups excluding tert-OH is 1. The Morgan fingerprint density at radius 2 is 2.05 bits per heavy atom. The lowest BCUT2D eigenvalue weighted by molar-refractivity contribution is 0.0697. The third-order valence-electron chi connectivity index (χ3n) is 7.11. The highest BCUT2D eigenvalue weighted by molar-refractivity contribution is 7.85. The molecule has 1 aliphatic carbocycles. The van der Waals surface area contributed by atoms with Crippen molar-refractivity contribution in [2.45, 2.75) is 44.4 Å². The average Bonchev–Trinajstić information content (AvgIpc) is 3.47. The van der Waals surface area contributed by atoms with Crippen LogP contribution in [0, 0.1) is 12.8 Å². The summed E-state index contributed by atoms with van der Waals surface area (Å²) in [5, 5.41) is 22.8. The molecular weight excluding hydrogens is 596 g/mol. The van der Waals surface area contributed by atoms with Crippen molar-refractivity contribution in [2.75, 3.05) is 18.5 Å². The second kappa shape index (κ2) is 12.0. The number of nitrogens with zero attached hydrogens (tertiary/aromatic N) is 2. The lowest BCUT2D eigenvalue weighted by Gasteiger charge is -2.26. The van der Waals surface area contributed by atoms with Crippen LogP contribution in [0.2, 0.25) is 5.02 Å². The smallest absolute Gasteiger partial charge is 0.420 e. The van der Waals surface area contributed by atoms with Crippen molar-refractivity contribution in [1.29, 1.82) is 0 Å². The molecule has 2 aliphatic rings. The maximum atomic E-state index is 13.7. The number of ketones is 1. The molecule has 1 aliphatic heterocycles. The van der Waals surface area contributed by atoms with Crippen LogP contribution < -0.4 is 10.0 Å². The third-order valence-corrected chi connectivity index (χ3v) is 9.28. The molecule has 2 aromatic heterocycles. The molecule has 0 unspecified atom stereocenters. The van der Waals surface area contributed by atoms with E-state index in [2.05, 4.69) is 15.3 Å². The molecule has 1 saturated carbocycles.